The summed E-state index contributed by atoms with van der Waals surface area (Å²) in [5.74, 6) is 0.712. The van der Waals surface area contributed by atoms with Gasteiger partial charge in [0.1, 0.15) is 11.9 Å². The number of aromatic nitrogens is 1. The smallest absolute Gasteiger partial charge is 0.244 e. The van der Waals surface area contributed by atoms with Gasteiger partial charge >= 0.3 is 0 Å². The maximum atomic E-state index is 12.1. The molecule has 1 saturated heterocycles. The van der Waals surface area contributed by atoms with Gasteiger partial charge in [-0.1, -0.05) is 11.6 Å². The Morgan fingerprint density at radius 2 is 2.22 bits per heavy atom. The highest BCUT2D eigenvalue weighted by atomic mass is 35.5. The first-order valence-electron chi connectivity index (χ1n) is 5.91. The molecule has 0 bridgehead atoms. The summed E-state index contributed by atoms with van der Waals surface area (Å²) < 4.78 is 5.22. The second-order valence-corrected chi connectivity index (χ2v) is 4.60. The summed E-state index contributed by atoms with van der Waals surface area (Å²) in [6.45, 7) is 4.35. The number of rotatable bonds is 3. The number of hydrogen-bond donors (Lipinski definition) is 1. The summed E-state index contributed by atoms with van der Waals surface area (Å²) >= 11 is 5.75. The summed E-state index contributed by atoms with van der Waals surface area (Å²) in [6, 6.07) is 3.19. The van der Waals surface area contributed by atoms with Crippen molar-refractivity contribution < 1.29 is 9.53 Å². The third-order valence-electron chi connectivity index (χ3n) is 2.78. The number of carbonyl (C=O) groups is 1. The maximum absolute atomic E-state index is 12.1. The van der Waals surface area contributed by atoms with Crippen LogP contribution in [0.1, 0.15) is 6.92 Å². The van der Waals surface area contributed by atoms with Crippen molar-refractivity contribution in [1.29, 1.82) is 0 Å². The van der Waals surface area contributed by atoms with Crippen LogP contribution in [0.5, 0.6) is 0 Å². The van der Waals surface area contributed by atoms with E-state index in [-0.39, 0.29) is 11.9 Å². The van der Waals surface area contributed by atoms with Gasteiger partial charge in [-0.3, -0.25) is 4.79 Å². The van der Waals surface area contributed by atoms with E-state index >= 15 is 0 Å². The molecule has 98 valence electrons. The molecular formula is C12H16ClN3O2. The summed E-state index contributed by atoms with van der Waals surface area (Å²) in [6.07, 6.45) is 1.55. The fraction of sp³-hybridized carbons (Fsp3) is 0.500. The lowest BCUT2D eigenvalue weighted by Crippen LogP contribution is -2.47. The van der Waals surface area contributed by atoms with Crippen molar-refractivity contribution >= 4 is 23.3 Å². The van der Waals surface area contributed by atoms with E-state index in [2.05, 4.69) is 10.3 Å². The van der Waals surface area contributed by atoms with Crippen molar-refractivity contribution in [3.05, 3.63) is 23.4 Å². The molecule has 1 N–H and O–H groups in total. The molecule has 0 radical (unpaired) electrons. The van der Waals surface area contributed by atoms with Crippen molar-refractivity contribution in [1.82, 2.24) is 9.88 Å². The normalized spacial score (nSPS) is 17.3. The van der Waals surface area contributed by atoms with Crippen LogP contribution in [0.15, 0.2) is 18.3 Å². The fourth-order valence-corrected chi connectivity index (χ4v) is 1.91. The molecule has 0 aliphatic carbocycles. The van der Waals surface area contributed by atoms with E-state index in [1.807, 2.05) is 6.92 Å². The average molecular weight is 270 g/mol. The molecule has 5 nitrogen and oxygen atoms in total. The van der Waals surface area contributed by atoms with Gasteiger partial charge in [0.05, 0.1) is 18.2 Å². The lowest BCUT2D eigenvalue weighted by atomic mass is 10.2. The molecule has 1 aliphatic heterocycles. The molecule has 1 amide bonds. The van der Waals surface area contributed by atoms with Gasteiger partial charge in [-0.2, -0.15) is 0 Å². The molecule has 18 heavy (non-hydrogen) atoms. The van der Waals surface area contributed by atoms with Crippen LogP contribution < -0.4 is 5.32 Å². The largest absolute Gasteiger partial charge is 0.378 e. The predicted octanol–water partition coefficient (Wildman–Crippen LogP) is 1.39. The Morgan fingerprint density at radius 1 is 1.50 bits per heavy atom. The molecule has 1 aromatic heterocycles. The SMILES string of the molecule is CC(Nc1ccc(Cl)cn1)C(=O)N1CCOCC1. The zero-order valence-corrected chi connectivity index (χ0v) is 11.0. The number of hydrogen-bond acceptors (Lipinski definition) is 4. The number of amides is 1. The molecule has 0 saturated carbocycles. The van der Waals surface area contributed by atoms with Crippen molar-refractivity contribution in [3.63, 3.8) is 0 Å². The molecule has 1 unspecified atom stereocenters. The van der Waals surface area contributed by atoms with Gasteiger partial charge in [0.2, 0.25) is 5.91 Å². The zero-order chi connectivity index (χ0) is 13.0. The molecule has 2 heterocycles. The van der Waals surface area contributed by atoms with Crippen LogP contribution in [0.4, 0.5) is 5.82 Å². The number of nitrogens with one attached hydrogen (secondary N) is 1. The van der Waals surface area contributed by atoms with E-state index in [0.717, 1.165) is 0 Å². The third kappa shape index (κ3) is 3.34. The van der Waals surface area contributed by atoms with Crippen molar-refractivity contribution in [2.24, 2.45) is 0 Å². The average Bonchev–Trinajstić information content (AvgIpc) is 2.41. The fourth-order valence-electron chi connectivity index (χ4n) is 1.80. The molecule has 0 spiro atoms. The minimum Gasteiger partial charge on any atom is -0.378 e. The topological polar surface area (TPSA) is 54.5 Å². The second kappa shape index (κ2) is 6.02. The lowest BCUT2D eigenvalue weighted by molar-refractivity contribution is -0.135. The Hall–Kier alpha value is -1.33. The summed E-state index contributed by atoms with van der Waals surface area (Å²) in [5.41, 5.74) is 0. The van der Waals surface area contributed by atoms with Crippen LogP contribution >= 0.6 is 11.6 Å². The van der Waals surface area contributed by atoms with Gasteiger partial charge < -0.3 is 15.0 Å². The van der Waals surface area contributed by atoms with Gasteiger partial charge in [0, 0.05) is 19.3 Å². The molecule has 1 fully saturated rings. The number of anilines is 1. The lowest BCUT2D eigenvalue weighted by Gasteiger charge is -2.29. The van der Waals surface area contributed by atoms with Gasteiger partial charge in [-0.15, -0.1) is 0 Å². The van der Waals surface area contributed by atoms with Crippen LogP contribution in [0.25, 0.3) is 0 Å². The van der Waals surface area contributed by atoms with Crippen LogP contribution in [-0.4, -0.2) is 48.1 Å². The number of morpholine rings is 1. The Bertz CT molecular complexity index is 404. The molecule has 1 atom stereocenters. The molecular weight excluding hydrogens is 254 g/mol. The zero-order valence-electron chi connectivity index (χ0n) is 10.2. The minimum atomic E-state index is -0.309. The molecule has 2 rings (SSSR count). The molecule has 0 aromatic carbocycles. The first-order chi connectivity index (χ1) is 8.66. The molecule has 6 heteroatoms. The number of ether oxygens (including phenoxy) is 1. The Morgan fingerprint density at radius 3 is 2.83 bits per heavy atom. The minimum absolute atomic E-state index is 0.0649. The Kier molecular flexibility index (Phi) is 4.38. The van der Waals surface area contributed by atoms with E-state index in [9.17, 15) is 4.79 Å². The predicted molar refractivity (Wildman–Crippen MR) is 69.7 cm³/mol. The number of carbonyl (C=O) groups excluding carboxylic acids is 1. The van der Waals surface area contributed by atoms with Crippen molar-refractivity contribution in [2.45, 2.75) is 13.0 Å². The van der Waals surface area contributed by atoms with Gasteiger partial charge in [-0.25, -0.2) is 4.98 Å². The van der Waals surface area contributed by atoms with E-state index in [1.165, 1.54) is 0 Å². The molecule has 1 aliphatic rings. The van der Waals surface area contributed by atoms with Crippen LogP contribution in [0.2, 0.25) is 5.02 Å². The van der Waals surface area contributed by atoms with Crippen LogP contribution in [0, 0.1) is 0 Å². The number of pyridine rings is 1. The first kappa shape index (κ1) is 13.1. The highest BCUT2D eigenvalue weighted by Crippen LogP contribution is 2.11. The van der Waals surface area contributed by atoms with Crippen molar-refractivity contribution in [2.75, 3.05) is 31.6 Å². The quantitative estimate of drug-likeness (QED) is 0.901. The number of halogens is 1. The standard InChI is InChI=1S/C12H16ClN3O2/c1-9(12(17)16-4-6-18-7-5-16)15-11-3-2-10(13)8-14-11/h2-3,8-9H,4-7H2,1H3,(H,14,15). The van der Waals surface area contributed by atoms with Crippen LogP contribution in [0.3, 0.4) is 0 Å². The van der Waals surface area contributed by atoms with E-state index in [0.29, 0.717) is 37.1 Å². The Labute approximate surface area is 111 Å². The summed E-state index contributed by atoms with van der Waals surface area (Å²) in [7, 11) is 0. The van der Waals surface area contributed by atoms with Gasteiger partial charge in [0.15, 0.2) is 0 Å². The highest BCUT2D eigenvalue weighted by molar-refractivity contribution is 6.30. The molecule has 1 aromatic rings. The monoisotopic (exact) mass is 269 g/mol. The summed E-state index contributed by atoms with van der Waals surface area (Å²) in [4.78, 5) is 18.0. The highest BCUT2D eigenvalue weighted by Gasteiger charge is 2.22. The maximum Gasteiger partial charge on any atom is 0.244 e. The van der Waals surface area contributed by atoms with Crippen LogP contribution in [-0.2, 0) is 9.53 Å². The third-order valence-corrected chi connectivity index (χ3v) is 3.01. The van der Waals surface area contributed by atoms with E-state index < -0.39 is 0 Å². The van der Waals surface area contributed by atoms with Gasteiger partial charge in [-0.05, 0) is 19.1 Å². The van der Waals surface area contributed by atoms with Crippen molar-refractivity contribution in [3.8, 4) is 0 Å². The van der Waals surface area contributed by atoms with E-state index in [4.69, 9.17) is 16.3 Å². The second-order valence-electron chi connectivity index (χ2n) is 4.17. The van der Waals surface area contributed by atoms with Gasteiger partial charge in [0.25, 0.3) is 0 Å². The number of nitrogens with zero attached hydrogens (tertiary/aromatic N) is 2. The Balaban J connectivity index is 1.92. The van der Waals surface area contributed by atoms with E-state index in [1.54, 1.807) is 23.2 Å². The summed E-state index contributed by atoms with van der Waals surface area (Å²) in [5, 5.41) is 3.64. The first-order valence-corrected chi connectivity index (χ1v) is 6.29.